The van der Waals surface area contributed by atoms with Crippen molar-refractivity contribution >= 4 is 0 Å². The average molecular weight is 133 g/mol. The highest BCUT2D eigenvalue weighted by Crippen LogP contribution is 2.01. The predicted molar refractivity (Wildman–Crippen MR) is 39.3 cm³/mol. The van der Waals surface area contributed by atoms with E-state index >= 15 is 0 Å². The zero-order chi connectivity index (χ0) is 9.07. The summed E-state index contributed by atoms with van der Waals surface area (Å²) < 4.78 is 19.9. The molecule has 0 bridgehead atoms. The van der Waals surface area contributed by atoms with Gasteiger partial charge >= 0.3 is 0 Å². The Labute approximate surface area is 60.2 Å². The van der Waals surface area contributed by atoms with E-state index in [1.165, 1.54) is 7.11 Å². The van der Waals surface area contributed by atoms with Crippen LogP contribution in [-0.4, -0.2) is 19.8 Å². The van der Waals surface area contributed by atoms with Crippen LogP contribution in [0.2, 0.25) is 0 Å². The Balaban J connectivity index is 4.05. The highest BCUT2D eigenvalue weighted by molar-refractivity contribution is 4.61. The first-order valence-electron chi connectivity index (χ1n) is 4.17. The zero-order valence-electron chi connectivity index (χ0n) is 8.35. The summed E-state index contributed by atoms with van der Waals surface area (Å²) in [7, 11) is 1.52. The summed E-state index contributed by atoms with van der Waals surface area (Å²) in [5, 5.41) is 0. The molecule has 0 fully saturated rings. The van der Waals surface area contributed by atoms with Gasteiger partial charge in [0.15, 0.2) is 0 Å². The molecule has 0 saturated heterocycles. The Morgan fingerprint density at radius 3 is 2.56 bits per heavy atom. The van der Waals surface area contributed by atoms with Crippen LogP contribution < -0.4 is 5.73 Å². The second kappa shape index (κ2) is 4.77. The standard InChI is InChI=1S/C7H17NO/c1-6(2)4-7(8)5-9-3/h6-7H,4-5,8H2,1-3H3/t7-/m0/s1/i4D2. The summed E-state index contributed by atoms with van der Waals surface area (Å²) in [4.78, 5) is 0. The Kier molecular flexibility index (Phi) is 3.01. The van der Waals surface area contributed by atoms with E-state index in [0.29, 0.717) is 0 Å². The van der Waals surface area contributed by atoms with E-state index in [1.807, 2.05) is 13.8 Å². The molecule has 0 amide bonds. The Morgan fingerprint density at radius 2 is 2.22 bits per heavy atom. The molecule has 0 radical (unpaired) electrons. The van der Waals surface area contributed by atoms with E-state index < -0.39 is 12.4 Å². The first-order chi connectivity index (χ1) is 4.92. The maximum atomic E-state index is 7.55. The maximum Gasteiger partial charge on any atom is 0.0613 e. The van der Waals surface area contributed by atoms with Crippen molar-refractivity contribution in [1.82, 2.24) is 0 Å². The van der Waals surface area contributed by atoms with Crippen molar-refractivity contribution in [3.63, 3.8) is 0 Å². The van der Waals surface area contributed by atoms with Gasteiger partial charge in [-0.25, -0.2) is 0 Å². The van der Waals surface area contributed by atoms with Crippen LogP contribution in [0.3, 0.4) is 0 Å². The third-order valence-corrected chi connectivity index (χ3v) is 0.894. The van der Waals surface area contributed by atoms with Gasteiger partial charge in [0.2, 0.25) is 0 Å². The predicted octanol–water partition coefficient (Wildman–Crippen LogP) is 1.01. The lowest BCUT2D eigenvalue weighted by molar-refractivity contribution is 0.172. The van der Waals surface area contributed by atoms with Crippen molar-refractivity contribution in [3.05, 3.63) is 0 Å². The first kappa shape index (κ1) is 5.69. The van der Waals surface area contributed by atoms with Crippen molar-refractivity contribution in [3.8, 4) is 0 Å². The summed E-state index contributed by atoms with van der Waals surface area (Å²) in [6.45, 7) is 3.90. The monoisotopic (exact) mass is 133 g/mol. The largest absolute Gasteiger partial charge is 0.383 e. The minimum absolute atomic E-state index is 0.0763. The minimum Gasteiger partial charge on any atom is -0.383 e. The Morgan fingerprint density at radius 1 is 1.67 bits per heavy atom. The fourth-order valence-corrected chi connectivity index (χ4v) is 0.656. The summed E-state index contributed by atoms with van der Waals surface area (Å²) in [5.41, 5.74) is 5.56. The van der Waals surface area contributed by atoms with Gasteiger partial charge in [-0.2, -0.15) is 0 Å². The SMILES string of the molecule is [2H]C([2H])(C(C)C)[C@H](N)COC. The third-order valence-electron chi connectivity index (χ3n) is 0.894. The molecule has 0 aliphatic carbocycles. The van der Waals surface area contributed by atoms with Crippen LogP contribution in [0.1, 0.15) is 23.0 Å². The summed E-state index contributed by atoms with van der Waals surface area (Å²) in [5.74, 6) is -0.0763. The zero-order valence-corrected chi connectivity index (χ0v) is 6.35. The Hall–Kier alpha value is -0.0800. The number of hydrogen-bond acceptors (Lipinski definition) is 2. The summed E-state index contributed by atoms with van der Waals surface area (Å²) >= 11 is 0. The van der Waals surface area contributed by atoms with Gasteiger partial charge in [0.1, 0.15) is 0 Å². The lowest BCUT2D eigenvalue weighted by atomic mass is 10.1. The highest BCUT2D eigenvalue weighted by Gasteiger charge is 2.03. The molecule has 0 aromatic carbocycles. The summed E-state index contributed by atoms with van der Waals surface area (Å²) in [6.07, 6.45) is -1.34. The number of nitrogens with two attached hydrogens (primary N) is 1. The smallest absolute Gasteiger partial charge is 0.0613 e. The Bertz CT molecular complexity index is 117. The van der Waals surface area contributed by atoms with Crippen LogP contribution in [0.25, 0.3) is 0 Å². The molecule has 9 heavy (non-hydrogen) atoms. The second-order valence-electron chi connectivity index (χ2n) is 2.38. The van der Waals surface area contributed by atoms with E-state index in [4.69, 9.17) is 13.2 Å². The number of rotatable bonds is 4. The van der Waals surface area contributed by atoms with Crippen molar-refractivity contribution in [2.45, 2.75) is 26.3 Å². The van der Waals surface area contributed by atoms with Gasteiger partial charge < -0.3 is 10.5 Å². The van der Waals surface area contributed by atoms with E-state index in [0.717, 1.165) is 0 Å². The van der Waals surface area contributed by atoms with Crippen molar-refractivity contribution in [2.24, 2.45) is 11.7 Å². The quantitative estimate of drug-likeness (QED) is 0.621. The molecule has 0 aliphatic rings. The van der Waals surface area contributed by atoms with Gasteiger partial charge in [0, 0.05) is 15.9 Å². The normalized spacial score (nSPS) is 19.2. The minimum atomic E-state index is -1.34. The molecule has 1 atom stereocenters. The molecular weight excluding hydrogens is 114 g/mol. The number of hydrogen-bond donors (Lipinski definition) is 1. The van der Waals surface area contributed by atoms with E-state index in [1.54, 1.807) is 0 Å². The van der Waals surface area contributed by atoms with Gasteiger partial charge in [0.25, 0.3) is 0 Å². The fourth-order valence-electron chi connectivity index (χ4n) is 0.656. The van der Waals surface area contributed by atoms with Gasteiger partial charge in [-0.1, -0.05) is 13.8 Å². The average Bonchev–Trinajstić information content (AvgIpc) is 1.88. The van der Waals surface area contributed by atoms with Crippen LogP contribution in [0.5, 0.6) is 0 Å². The topological polar surface area (TPSA) is 35.2 Å². The van der Waals surface area contributed by atoms with E-state index in [-0.39, 0.29) is 12.5 Å². The molecule has 0 aromatic rings. The van der Waals surface area contributed by atoms with Gasteiger partial charge in [0.05, 0.1) is 6.61 Å². The van der Waals surface area contributed by atoms with Crippen LogP contribution >= 0.6 is 0 Å². The molecule has 0 aliphatic heterocycles. The highest BCUT2D eigenvalue weighted by atomic mass is 16.5. The fraction of sp³-hybridized carbons (Fsp3) is 1.00. The second-order valence-corrected chi connectivity index (χ2v) is 2.38. The van der Waals surface area contributed by atoms with Crippen LogP contribution in [0.4, 0.5) is 0 Å². The molecule has 2 heteroatoms. The van der Waals surface area contributed by atoms with E-state index in [9.17, 15) is 0 Å². The number of methoxy groups -OCH3 is 1. The molecule has 2 nitrogen and oxygen atoms in total. The maximum absolute atomic E-state index is 7.55. The number of ether oxygens (including phenoxy) is 1. The molecule has 0 heterocycles. The molecule has 56 valence electrons. The molecule has 0 rings (SSSR count). The van der Waals surface area contributed by atoms with Crippen molar-refractivity contribution in [1.29, 1.82) is 0 Å². The van der Waals surface area contributed by atoms with Crippen molar-refractivity contribution in [2.75, 3.05) is 13.7 Å². The van der Waals surface area contributed by atoms with E-state index in [2.05, 4.69) is 0 Å². The first-order valence-corrected chi connectivity index (χ1v) is 3.17. The lowest BCUT2D eigenvalue weighted by Gasteiger charge is -2.11. The molecule has 0 aromatic heterocycles. The molecular formula is C7H17NO. The van der Waals surface area contributed by atoms with Crippen LogP contribution in [0, 0.1) is 5.92 Å². The van der Waals surface area contributed by atoms with Gasteiger partial charge in [-0.3, -0.25) is 0 Å². The van der Waals surface area contributed by atoms with Crippen LogP contribution in [0.15, 0.2) is 0 Å². The lowest BCUT2D eigenvalue weighted by Crippen LogP contribution is -2.27. The van der Waals surface area contributed by atoms with Gasteiger partial charge in [-0.05, 0) is 12.3 Å². The third kappa shape index (κ3) is 5.80. The molecule has 0 spiro atoms. The van der Waals surface area contributed by atoms with Gasteiger partial charge in [-0.15, -0.1) is 0 Å². The molecule has 0 saturated carbocycles. The molecule has 2 N–H and O–H groups in total. The van der Waals surface area contributed by atoms with Crippen LogP contribution in [-0.2, 0) is 4.74 Å². The summed E-state index contributed by atoms with van der Waals surface area (Å²) in [6, 6.07) is -0.535. The van der Waals surface area contributed by atoms with Crippen molar-refractivity contribution < 1.29 is 7.48 Å². The molecule has 0 unspecified atom stereocenters.